The molecule has 2 aliphatic heterocycles. The second-order valence-electron chi connectivity index (χ2n) is 7.38. The van der Waals surface area contributed by atoms with Crippen molar-refractivity contribution in [2.45, 2.75) is 37.3 Å². The first-order chi connectivity index (χ1) is 11.7. The first-order valence-corrected chi connectivity index (χ1v) is 11.8. The van der Waals surface area contributed by atoms with Crippen molar-refractivity contribution in [3.63, 3.8) is 0 Å². The maximum absolute atomic E-state index is 13.2. The summed E-state index contributed by atoms with van der Waals surface area (Å²) in [7, 11) is 6.17. The van der Waals surface area contributed by atoms with Crippen molar-refractivity contribution in [2.75, 3.05) is 59.9 Å². The average molecular weight is 400 g/mol. The van der Waals surface area contributed by atoms with Gasteiger partial charge in [-0.15, -0.1) is 0 Å². The number of rotatable bonds is 10. The molecule has 0 aromatic rings. The molecule has 0 aromatic carbocycles. The maximum Gasteiger partial charge on any atom is 0.389 e. The molecule has 2 N–H and O–H groups in total. The number of nitrogens with zero attached hydrogens (tertiary/aromatic N) is 1. The zero-order valence-electron chi connectivity index (χ0n) is 15.2. The number of hydrogen-bond acceptors (Lipinski definition) is 8. The molecule has 0 aromatic heterocycles. The molecule has 2 rings (SSSR count). The Labute approximate surface area is 153 Å². The maximum atomic E-state index is 13.2. The number of quaternary nitrogens is 1. The van der Waals surface area contributed by atoms with Crippen LogP contribution in [0, 0.1) is 0 Å². The van der Waals surface area contributed by atoms with Crippen LogP contribution in [0.1, 0.15) is 12.8 Å². The van der Waals surface area contributed by atoms with Crippen LogP contribution < -0.4 is 0 Å². The summed E-state index contributed by atoms with van der Waals surface area (Å²) in [5.74, 6) is 0.603. The Morgan fingerprint density at radius 1 is 1.20 bits per heavy atom. The zero-order chi connectivity index (χ0) is 18.5. The minimum Gasteiger partial charge on any atom is -0.394 e. The monoisotopic (exact) mass is 400 g/mol. The number of ether oxygens (including phenoxy) is 2. The van der Waals surface area contributed by atoms with Gasteiger partial charge in [-0.2, -0.15) is 0 Å². The molecule has 2 heterocycles. The summed E-state index contributed by atoms with van der Waals surface area (Å²) in [6.07, 6.45) is -0.909. The molecule has 8 nitrogen and oxygen atoms in total. The Kier molecular flexibility index (Phi) is 8.19. The molecule has 0 saturated carbocycles. The van der Waals surface area contributed by atoms with Gasteiger partial charge >= 0.3 is 6.80 Å². The third-order valence-electron chi connectivity index (χ3n) is 4.18. The van der Waals surface area contributed by atoms with Crippen LogP contribution in [0.25, 0.3) is 0 Å². The quantitative estimate of drug-likeness (QED) is 0.412. The van der Waals surface area contributed by atoms with E-state index in [-0.39, 0.29) is 13.2 Å². The van der Waals surface area contributed by atoms with Crippen molar-refractivity contribution >= 4 is 18.2 Å². The van der Waals surface area contributed by atoms with E-state index in [1.807, 2.05) is 0 Å². The van der Waals surface area contributed by atoms with E-state index in [4.69, 9.17) is 18.5 Å². The molecule has 0 aliphatic carbocycles. The molecule has 2 unspecified atom stereocenters. The van der Waals surface area contributed by atoms with Crippen LogP contribution in [0.2, 0.25) is 0 Å². The summed E-state index contributed by atoms with van der Waals surface area (Å²) in [5.41, 5.74) is 0. The van der Waals surface area contributed by atoms with Crippen LogP contribution >= 0.6 is 18.2 Å². The lowest BCUT2D eigenvalue weighted by Gasteiger charge is -2.27. The number of aliphatic hydroxyl groups is 2. The van der Waals surface area contributed by atoms with Crippen molar-refractivity contribution in [1.29, 1.82) is 0 Å². The second-order valence-corrected chi connectivity index (χ2v) is 11.5. The lowest BCUT2D eigenvalue weighted by Crippen LogP contribution is -2.36. The molecular formula is C15H31NO7PS+. The van der Waals surface area contributed by atoms with Crippen LogP contribution in [0.3, 0.4) is 0 Å². The van der Waals surface area contributed by atoms with E-state index in [2.05, 4.69) is 21.1 Å². The van der Waals surface area contributed by atoms with Crippen LogP contribution in [-0.4, -0.2) is 99.0 Å². The largest absolute Gasteiger partial charge is 0.394 e. The Morgan fingerprint density at radius 2 is 1.88 bits per heavy atom. The van der Waals surface area contributed by atoms with Crippen molar-refractivity contribution in [1.82, 2.24) is 0 Å². The molecule has 0 radical (unpaired) electrons. The van der Waals surface area contributed by atoms with E-state index in [0.717, 1.165) is 22.4 Å². The van der Waals surface area contributed by atoms with Gasteiger partial charge in [0.2, 0.25) is 0 Å². The van der Waals surface area contributed by atoms with Gasteiger partial charge in [0.25, 0.3) is 0 Å². The summed E-state index contributed by atoms with van der Waals surface area (Å²) in [5, 5.41) is 19.2. The molecule has 0 spiro atoms. The molecule has 2 saturated heterocycles. The van der Waals surface area contributed by atoms with Gasteiger partial charge in [-0.25, -0.2) is 4.57 Å². The molecular weight excluding hydrogens is 369 g/mol. The minimum atomic E-state index is -3.46. The fourth-order valence-electron chi connectivity index (χ4n) is 2.57. The summed E-state index contributed by atoms with van der Waals surface area (Å²) < 4.78 is 36.1. The van der Waals surface area contributed by atoms with Gasteiger partial charge in [-0.05, 0) is 17.8 Å². The van der Waals surface area contributed by atoms with Crippen LogP contribution in [0.4, 0.5) is 0 Å². The van der Waals surface area contributed by atoms with Gasteiger partial charge in [-0.1, -0.05) is 0 Å². The third-order valence-corrected chi connectivity index (χ3v) is 7.92. The topological polar surface area (TPSA) is 94.5 Å². The van der Waals surface area contributed by atoms with E-state index >= 15 is 0 Å². The highest BCUT2D eigenvalue weighted by Crippen LogP contribution is 2.62. The van der Waals surface area contributed by atoms with Crippen LogP contribution in [-0.2, 0) is 23.1 Å². The Bertz CT molecular complexity index is 462. The molecule has 0 bridgehead atoms. The molecule has 2 fully saturated rings. The second kappa shape index (κ2) is 9.48. The Hall–Kier alpha value is 0.300. The summed E-state index contributed by atoms with van der Waals surface area (Å²) in [4.78, 5) is 0. The van der Waals surface area contributed by atoms with Crippen molar-refractivity contribution in [3.8, 4) is 0 Å². The van der Waals surface area contributed by atoms with Crippen molar-refractivity contribution in [3.05, 3.63) is 0 Å². The molecule has 148 valence electrons. The first kappa shape index (κ1) is 21.6. The van der Waals surface area contributed by atoms with Gasteiger partial charge in [0, 0.05) is 19.6 Å². The van der Waals surface area contributed by atoms with Gasteiger partial charge in [-0.3, -0.25) is 9.05 Å². The van der Waals surface area contributed by atoms with E-state index in [9.17, 15) is 14.8 Å². The van der Waals surface area contributed by atoms with Crippen molar-refractivity contribution < 1.29 is 37.8 Å². The highest BCUT2D eigenvalue weighted by molar-refractivity contribution is 8.55. The van der Waals surface area contributed by atoms with E-state index in [1.165, 1.54) is 0 Å². The van der Waals surface area contributed by atoms with Gasteiger partial charge in [0.15, 0.2) is 0 Å². The van der Waals surface area contributed by atoms with Gasteiger partial charge < -0.3 is 24.2 Å². The summed E-state index contributed by atoms with van der Waals surface area (Å²) in [6.45, 7) is -1.89. The fourth-order valence-corrected chi connectivity index (χ4v) is 6.36. The number of aliphatic hydroxyl groups excluding tert-OH is 2. The Morgan fingerprint density at radius 3 is 2.48 bits per heavy atom. The first-order valence-electron chi connectivity index (χ1n) is 8.62. The van der Waals surface area contributed by atoms with Crippen LogP contribution in [0.15, 0.2) is 0 Å². The van der Waals surface area contributed by atoms with Gasteiger partial charge in [0.05, 0.1) is 58.9 Å². The Balaban J connectivity index is 1.95. The smallest absolute Gasteiger partial charge is 0.389 e. The predicted molar refractivity (Wildman–Crippen MR) is 95.6 cm³/mol. The minimum absolute atomic E-state index is 0.0210. The third kappa shape index (κ3) is 7.08. The summed E-state index contributed by atoms with van der Waals surface area (Å²) >= 11 is 1.16. The standard InChI is InChI=1S/C15H31NO7PS/c1-16(2,3)6-9-25-24(19,22-11-15-12(18)4-7-21-15)23-13-5-8-20-14(13)10-17/h12-15,17-18H,4-11H2,1-3H3/q+1/t12?,13?,14-,15-,24+/m1/s1. The molecule has 2 aliphatic rings. The predicted octanol–water partition coefficient (Wildman–Crippen LogP) is 0.867. The van der Waals surface area contributed by atoms with E-state index in [0.29, 0.717) is 31.8 Å². The highest BCUT2D eigenvalue weighted by Gasteiger charge is 2.39. The van der Waals surface area contributed by atoms with Crippen molar-refractivity contribution in [2.24, 2.45) is 0 Å². The lowest BCUT2D eigenvalue weighted by atomic mass is 10.2. The molecule has 0 amide bonds. The number of hydrogen-bond donors (Lipinski definition) is 2. The molecule has 10 heteroatoms. The SMILES string of the molecule is C[N+](C)(C)CCS[P@@](=O)(OC[C@H]1OCCC1O)OC1CCO[C@@H]1CO. The van der Waals surface area contributed by atoms with E-state index in [1.54, 1.807) is 0 Å². The molecule has 25 heavy (non-hydrogen) atoms. The summed E-state index contributed by atoms with van der Waals surface area (Å²) in [6, 6.07) is 0. The van der Waals surface area contributed by atoms with Gasteiger partial charge in [0.1, 0.15) is 12.2 Å². The molecule has 5 atom stereocenters. The highest BCUT2D eigenvalue weighted by atomic mass is 32.7. The van der Waals surface area contributed by atoms with E-state index < -0.39 is 31.2 Å². The normalized spacial score (nSPS) is 32.8. The average Bonchev–Trinajstić information content (AvgIpc) is 3.12. The zero-order valence-corrected chi connectivity index (χ0v) is 16.9. The lowest BCUT2D eigenvalue weighted by molar-refractivity contribution is -0.867. The fraction of sp³-hybridized carbons (Fsp3) is 1.00. The van der Waals surface area contributed by atoms with Crippen LogP contribution in [0.5, 0.6) is 0 Å².